The van der Waals surface area contributed by atoms with Gasteiger partial charge in [-0.05, 0) is 42.7 Å². The Hall–Kier alpha value is -4.84. The molecule has 1 unspecified atom stereocenters. The number of thiazole rings is 1. The number of carbonyl (C=O) groups excluding carboxylic acids is 1. The second-order valence-corrected chi connectivity index (χ2v) is 11.3. The van der Waals surface area contributed by atoms with Crippen LogP contribution in [0.4, 0.5) is 13.9 Å². The smallest absolute Gasteiger partial charge is 0.281 e. The molecule has 1 aliphatic rings. The van der Waals surface area contributed by atoms with Crippen LogP contribution in [0.3, 0.4) is 0 Å². The summed E-state index contributed by atoms with van der Waals surface area (Å²) in [6.45, 7) is 0.858. The first kappa shape index (κ1) is 29.2. The summed E-state index contributed by atoms with van der Waals surface area (Å²) in [6.07, 6.45) is 1.39. The van der Waals surface area contributed by atoms with E-state index in [1.54, 1.807) is 18.2 Å². The molecular weight excluding hydrogens is 588 g/mol. The Labute approximate surface area is 255 Å². The predicted molar refractivity (Wildman–Crippen MR) is 164 cm³/mol. The molecule has 0 radical (unpaired) electrons. The van der Waals surface area contributed by atoms with Crippen molar-refractivity contribution in [1.82, 2.24) is 19.9 Å². The van der Waals surface area contributed by atoms with Crippen LogP contribution >= 0.6 is 11.3 Å². The van der Waals surface area contributed by atoms with Crippen LogP contribution in [-0.2, 0) is 17.9 Å². The Morgan fingerprint density at radius 2 is 1.80 bits per heavy atom. The maximum Gasteiger partial charge on any atom is 0.281 e. The number of halogens is 2. The van der Waals surface area contributed by atoms with E-state index in [1.807, 2.05) is 35.2 Å². The van der Waals surface area contributed by atoms with Gasteiger partial charge in [-0.1, -0.05) is 47.7 Å². The van der Waals surface area contributed by atoms with Crippen molar-refractivity contribution in [2.24, 2.45) is 0 Å². The summed E-state index contributed by atoms with van der Waals surface area (Å²) >= 11 is 1.12. The number of hydrogen-bond acceptors (Lipinski definition) is 8. The largest absolute Gasteiger partial charge is 0.497 e. The van der Waals surface area contributed by atoms with Gasteiger partial charge in [-0.15, -0.1) is 0 Å². The number of nitrogens with zero attached hydrogens (tertiary/aromatic N) is 4. The van der Waals surface area contributed by atoms with Gasteiger partial charge in [-0.3, -0.25) is 14.2 Å². The third-order valence-corrected chi connectivity index (χ3v) is 8.61. The zero-order valence-corrected chi connectivity index (χ0v) is 24.9. The first-order valence-electron chi connectivity index (χ1n) is 14.0. The molecule has 1 N–H and O–H groups in total. The fraction of sp³-hybridized carbons (Fsp3) is 0.250. The number of rotatable bonds is 9. The second-order valence-electron chi connectivity index (χ2n) is 10.3. The first-order valence-corrected chi connectivity index (χ1v) is 14.8. The van der Waals surface area contributed by atoms with Crippen LogP contribution in [0.5, 0.6) is 11.5 Å². The zero-order valence-electron chi connectivity index (χ0n) is 24.0. The number of carbonyl (C=O) groups is 1. The molecule has 2 aromatic heterocycles. The second kappa shape index (κ2) is 12.4. The van der Waals surface area contributed by atoms with Gasteiger partial charge in [0.15, 0.2) is 21.3 Å². The predicted octanol–water partition coefficient (Wildman–Crippen LogP) is 5.15. The van der Waals surface area contributed by atoms with E-state index in [1.165, 1.54) is 24.9 Å². The lowest BCUT2D eigenvalue weighted by molar-refractivity contribution is -0.122. The molecule has 3 aromatic carbocycles. The molecule has 12 heteroatoms. The van der Waals surface area contributed by atoms with Crippen molar-refractivity contribution in [2.45, 2.75) is 32.0 Å². The zero-order chi connectivity index (χ0) is 30.8. The highest BCUT2D eigenvalue weighted by atomic mass is 32.1. The number of methoxy groups -OCH3 is 2. The van der Waals surface area contributed by atoms with Crippen LogP contribution < -0.4 is 25.2 Å². The lowest BCUT2D eigenvalue weighted by Crippen LogP contribution is -2.43. The average Bonchev–Trinajstić information content (AvgIpc) is 3.70. The van der Waals surface area contributed by atoms with E-state index in [0.717, 1.165) is 35.5 Å². The SMILES string of the molecule is COc1ccc(Cn2c(-c3c(F)cccc3F)nc3sc(N4CCCC4C(=O)NCc4ccccc4)nc3c2=O)c(OC)c1. The molecular formula is C32H29F2N5O4S. The fourth-order valence-electron chi connectivity index (χ4n) is 5.39. The van der Waals surface area contributed by atoms with Crippen molar-refractivity contribution >= 4 is 32.7 Å². The molecule has 9 nitrogen and oxygen atoms in total. The van der Waals surface area contributed by atoms with E-state index in [-0.39, 0.29) is 28.6 Å². The highest BCUT2D eigenvalue weighted by Gasteiger charge is 2.33. The minimum absolute atomic E-state index is 0.0494. The summed E-state index contributed by atoms with van der Waals surface area (Å²) in [6, 6.07) is 17.7. The Kier molecular flexibility index (Phi) is 8.25. The summed E-state index contributed by atoms with van der Waals surface area (Å²) in [4.78, 5) is 38.5. The minimum atomic E-state index is -0.855. The maximum atomic E-state index is 15.1. The number of fused-ring (bicyclic) bond motifs is 1. The highest BCUT2D eigenvalue weighted by molar-refractivity contribution is 7.21. The Morgan fingerprint density at radius 3 is 2.52 bits per heavy atom. The number of ether oxygens (including phenoxy) is 2. The van der Waals surface area contributed by atoms with Crippen molar-refractivity contribution in [1.29, 1.82) is 0 Å². The Morgan fingerprint density at radius 1 is 1.02 bits per heavy atom. The van der Waals surface area contributed by atoms with Crippen LogP contribution in [-0.4, -0.2) is 47.2 Å². The van der Waals surface area contributed by atoms with E-state index in [9.17, 15) is 9.59 Å². The third kappa shape index (κ3) is 5.60. The number of benzene rings is 3. The quantitative estimate of drug-likeness (QED) is 0.244. The lowest BCUT2D eigenvalue weighted by atomic mass is 10.1. The van der Waals surface area contributed by atoms with E-state index in [2.05, 4.69) is 15.3 Å². The number of hydrogen-bond donors (Lipinski definition) is 1. The molecule has 1 saturated heterocycles. The summed E-state index contributed by atoms with van der Waals surface area (Å²) in [7, 11) is 3.00. The molecule has 1 atom stereocenters. The normalized spacial score (nSPS) is 14.6. The molecule has 44 heavy (non-hydrogen) atoms. The van der Waals surface area contributed by atoms with Crippen molar-refractivity contribution < 1.29 is 23.0 Å². The van der Waals surface area contributed by atoms with Crippen LogP contribution in [0.1, 0.15) is 24.0 Å². The molecule has 1 fully saturated rings. The number of anilines is 1. The van der Waals surface area contributed by atoms with Crippen LogP contribution in [0.2, 0.25) is 0 Å². The Bertz CT molecular complexity index is 1880. The molecule has 0 bridgehead atoms. The summed E-state index contributed by atoms with van der Waals surface area (Å²) in [5.41, 5.74) is 0.607. The van der Waals surface area contributed by atoms with Gasteiger partial charge in [0, 0.05) is 24.7 Å². The van der Waals surface area contributed by atoms with Crippen LogP contribution in [0.25, 0.3) is 21.7 Å². The van der Waals surface area contributed by atoms with Gasteiger partial charge < -0.3 is 19.7 Å². The molecule has 6 rings (SSSR count). The van der Waals surface area contributed by atoms with E-state index in [4.69, 9.17) is 9.47 Å². The van der Waals surface area contributed by atoms with E-state index in [0.29, 0.717) is 41.7 Å². The lowest BCUT2D eigenvalue weighted by Gasteiger charge is -2.23. The monoisotopic (exact) mass is 617 g/mol. The molecule has 0 aliphatic carbocycles. The van der Waals surface area contributed by atoms with Crippen molar-refractivity contribution in [3.8, 4) is 22.9 Å². The topological polar surface area (TPSA) is 98.6 Å². The maximum absolute atomic E-state index is 15.1. The standard InChI is InChI=1S/C32H29F2N5O4S/c1-42-21-14-13-20(25(16-21)43-2)18-39-28(26-22(33)10-6-11-23(26)34)37-30-27(31(39)41)36-32(44-30)38-15-7-12-24(38)29(40)35-17-19-8-4-3-5-9-19/h3-6,8-11,13-14,16,24H,7,12,15,17-18H2,1-2H3,(H,35,40). The van der Waals surface area contributed by atoms with Gasteiger partial charge in [-0.25, -0.2) is 18.7 Å². The summed E-state index contributed by atoms with van der Waals surface area (Å²) < 4.78 is 42.2. The van der Waals surface area contributed by atoms with E-state index >= 15 is 8.78 Å². The molecule has 1 aliphatic heterocycles. The highest BCUT2D eigenvalue weighted by Crippen LogP contribution is 2.34. The third-order valence-electron chi connectivity index (χ3n) is 7.63. The molecule has 0 saturated carbocycles. The van der Waals surface area contributed by atoms with Gasteiger partial charge in [-0.2, -0.15) is 0 Å². The van der Waals surface area contributed by atoms with Crippen molar-refractivity contribution in [3.05, 3.63) is 99.8 Å². The molecule has 0 spiro atoms. The molecule has 226 valence electrons. The van der Waals surface area contributed by atoms with Gasteiger partial charge in [0.1, 0.15) is 29.2 Å². The van der Waals surface area contributed by atoms with Crippen LogP contribution in [0.15, 0.2) is 71.5 Å². The molecule has 1 amide bonds. The number of nitrogens with one attached hydrogen (secondary N) is 1. The average molecular weight is 618 g/mol. The summed E-state index contributed by atoms with van der Waals surface area (Å²) in [5, 5.41) is 3.44. The van der Waals surface area contributed by atoms with Gasteiger partial charge in [0.2, 0.25) is 5.91 Å². The number of amides is 1. The van der Waals surface area contributed by atoms with Gasteiger partial charge in [0.25, 0.3) is 5.56 Å². The fourth-order valence-corrected chi connectivity index (χ4v) is 6.40. The van der Waals surface area contributed by atoms with Crippen LogP contribution in [0, 0.1) is 11.6 Å². The molecule has 3 heterocycles. The van der Waals surface area contributed by atoms with Gasteiger partial charge >= 0.3 is 0 Å². The van der Waals surface area contributed by atoms with E-state index < -0.39 is 28.8 Å². The minimum Gasteiger partial charge on any atom is -0.497 e. The molecule has 5 aromatic rings. The first-order chi connectivity index (χ1) is 21.4. The summed E-state index contributed by atoms with van der Waals surface area (Å²) in [5.74, 6) is -1.06. The Balaban J connectivity index is 1.41. The van der Waals surface area contributed by atoms with Crippen molar-refractivity contribution in [3.63, 3.8) is 0 Å². The van der Waals surface area contributed by atoms with Crippen molar-refractivity contribution in [2.75, 3.05) is 25.7 Å². The number of aromatic nitrogens is 3. The van der Waals surface area contributed by atoms with Gasteiger partial charge in [0.05, 0.1) is 26.3 Å².